The predicted octanol–water partition coefficient (Wildman–Crippen LogP) is 2.28. The van der Waals surface area contributed by atoms with E-state index in [0.717, 1.165) is 25.2 Å². The summed E-state index contributed by atoms with van der Waals surface area (Å²) in [6.07, 6.45) is 11.5. The van der Waals surface area contributed by atoms with E-state index in [1.54, 1.807) is 6.33 Å². The third-order valence-corrected chi connectivity index (χ3v) is 4.66. The van der Waals surface area contributed by atoms with E-state index in [4.69, 9.17) is 5.73 Å². The van der Waals surface area contributed by atoms with Gasteiger partial charge in [-0.1, -0.05) is 12.8 Å². The van der Waals surface area contributed by atoms with E-state index in [1.165, 1.54) is 49.8 Å². The lowest BCUT2D eigenvalue weighted by Gasteiger charge is -2.22. The van der Waals surface area contributed by atoms with Crippen LogP contribution in [-0.4, -0.2) is 22.6 Å². The molecule has 1 saturated carbocycles. The molecule has 0 aliphatic heterocycles. The molecule has 0 bridgehead atoms. The minimum Gasteiger partial charge on any atom is -0.367 e. The second-order valence-corrected chi connectivity index (χ2v) is 5.89. The number of rotatable bonds is 3. The Hall–Kier alpha value is -1.16. The Kier molecular flexibility index (Phi) is 3.97. The highest BCUT2D eigenvalue weighted by molar-refractivity contribution is 5.47. The van der Waals surface area contributed by atoms with Gasteiger partial charge < -0.3 is 11.1 Å². The molecule has 1 aromatic rings. The lowest BCUT2D eigenvalue weighted by Crippen LogP contribution is -2.30. The number of nitrogens with two attached hydrogens (primary N) is 1. The topological polar surface area (TPSA) is 63.8 Å². The van der Waals surface area contributed by atoms with Crippen LogP contribution in [0.3, 0.4) is 0 Å². The molecule has 104 valence electrons. The maximum atomic E-state index is 5.87. The molecule has 0 saturated heterocycles. The number of aryl methyl sites for hydroxylation is 1. The largest absolute Gasteiger partial charge is 0.367 e. The van der Waals surface area contributed by atoms with Gasteiger partial charge in [0.05, 0.1) is 0 Å². The molecule has 4 heteroatoms. The highest BCUT2D eigenvalue weighted by Gasteiger charge is 2.27. The van der Waals surface area contributed by atoms with E-state index in [0.29, 0.717) is 12.0 Å². The van der Waals surface area contributed by atoms with Crippen LogP contribution in [0.25, 0.3) is 0 Å². The van der Waals surface area contributed by atoms with Gasteiger partial charge in [-0.25, -0.2) is 9.97 Å². The minimum atomic E-state index is 0.507. The van der Waals surface area contributed by atoms with E-state index in [2.05, 4.69) is 15.3 Å². The Labute approximate surface area is 115 Å². The molecule has 3 N–H and O–H groups in total. The van der Waals surface area contributed by atoms with Crippen LogP contribution in [0.5, 0.6) is 0 Å². The Morgan fingerprint density at radius 2 is 2.00 bits per heavy atom. The van der Waals surface area contributed by atoms with E-state index < -0.39 is 0 Å². The van der Waals surface area contributed by atoms with Crippen LogP contribution >= 0.6 is 0 Å². The van der Waals surface area contributed by atoms with Gasteiger partial charge in [-0.3, -0.25) is 0 Å². The van der Waals surface area contributed by atoms with Gasteiger partial charge in [0.2, 0.25) is 0 Å². The van der Waals surface area contributed by atoms with Crippen LogP contribution in [0.15, 0.2) is 6.33 Å². The van der Waals surface area contributed by atoms with Crippen LogP contribution < -0.4 is 11.1 Å². The number of hydrogen-bond donors (Lipinski definition) is 2. The Bertz CT molecular complexity index is 432. The normalized spacial score (nSPS) is 26.8. The van der Waals surface area contributed by atoms with Crippen molar-refractivity contribution >= 4 is 5.82 Å². The maximum Gasteiger partial charge on any atom is 0.133 e. The summed E-state index contributed by atoms with van der Waals surface area (Å²) in [5.41, 5.74) is 8.49. The van der Waals surface area contributed by atoms with Gasteiger partial charge in [0, 0.05) is 17.3 Å². The smallest absolute Gasteiger partial charge is 0.133 e. The summed E-state index contributed by atoms with van der Waals surface area (Å²) in [4.78, 5) is 8.98. The monoisotopic (exact) mass is 260 g/mol. The van der Waals surface area contributed by atoms with Crippen molar-refractivity contribution in [3.8, 4) is 0 Å². The molecular weight excluding hydrogens is 236 g/mol. The van der Waals surface area contributed by atoms with Crippen molar-refractivity contribution in [2.45, 2.75) is 57.4 Å². The summed E-state index contributed by atoms with van der Waals surface area (Å²) in [7, 11) is 0. The lowest BCUT2D eigenvalue weighted by atomic mass is 10.0. The zero-order valence-electron chi connectivity index (χ0n) is 11.6. The average molecular weight is 260 g/mol. The second kappa shape index (κ2) is 5.87. The summed E-state index contributed by atoms with van der Waals surface area (Å²) in [5, 5.41) is 3.67. The van der Waals surface area contributed by atoms with Crippen molar-refractivity contribution in [2.24, 2.45) is 11.7 Å². The third-order valence-electron chi connectivity index (χ3n) is 4.66. The summed E-state index contributed by atoms with van der Waals surface area (Å²) < 4.78 is 0. The first-order valence-corrected chi connectivity index (χ1v) is 7.68. The fourth-order valence-corrected chi connectivity index (χ4v) is 3.51. The number of aromatic nitrogens is 2. The van der Waals surface area contributed by atoms with Crippen LogP contribution in [-0.2, 0) is 12.8 Å². The standard InChI is InChI=1S/C15H24N4/c16-9-11-5-4-8-13(11)19-15-12-6-2-1-3-7-14(12)17-10-18-15/h10-11,13H,1-9,16H2,(H,17,18,19). The van der Waals surface area contributed by atoms with Crippen molar-refractivity contribution in [1.82, 2.24) is 9.97 Å². The van der Waals surface area contributed by atoms with E-state index in [9.17, 15) is 0 Å². The van der Waals surface area contributed by atoms with Crippen LogP contribution in [0.1, 0.15) is 49.8 Å². The molecule has 3 rings (SSSR count). The fraction of sp³-hybridized carbons (Fsp3) is 0.733. The molecule has 1 aromatic heterocycles. The molecule has 0 radical (unpaired) electrons. The Morgan fingerprint density at radius 1 is 1.11 bits per heavy atom. The molecule has 2 aliphatic carbocycles. The van der Waals surface area contributed by atoms with E-state index >= 15 is 0 Å². The van der Waals surface area contributed by atoms with E-state index in [1.807, 2.05) is 0 Å². The number of fused-ring (bicyclic) bond motifs is 1. The molecule has 1 heterocycles. The SMILES string of the molecule is NCC1CCCC1Nc1ncnc2c1CCCCC2. The molecule has 1 fully saturated rings. The Balaban J connectivity index is 1.81. The molecule has 2 aliphatic rings. The highest BCUT2D eigenvalue weighted by atomic mass is 15.1. The minimum absolute atomic E-state index is 0.507. The highest BCUT2D eigenvalue weighted by Crippen LogP contribution is 2.30. The number of nitrogens with one attached hydrogen (secondary N) is 1. The van der Waals surface area contributed by atoms with Crippen molar-refractivity contribution < 1.29 is 0 Å². The first-order valence-electron chi connectivity index (χ1n) is 7.68. The molecule has 0 aromatic carbocycles. The number of nitrogens with zero attached hydrogens (tertiary/aromatic N) is 2. The molecule has 19 heavy (non-hydrogen) atoms. The maximum absolute atomic E-state index is 5.87. The second-order valence-electron chi connectivity index (χ2n) is 5.89. The van der Waals surface area contributed by atoms with Gasteiger partial charge in [-0.15, -0.1) is 0 Å². The lowest BCUT2D eigenvalue weighted by molar-refractivity contribution is 0.515. The zero-order valence-corrected chi connectivity index (χ0v) is 11.6. The molecular formula is C15H24N4. The van der Waals surface area contributed by atoms with Crippen LogP contribution in [0.2, 0.25) is 0 Å². The number of hydrogen-bond acceptors (Lipinski definition) is 4. The average Bonchev–Trinajstić information content (AvgIpc) is 2.73. The summed E-state index contributed by atoms with van der Waals surface area (Å²) >= 11 is 0. The molecule has 4 nitrogen and oxygen atoms in total. The summed E-state index contributed by atoms with van der Waals surface area (Å²) in [5.74, 6) is 1.69. The first-order chi connectivity index (χ1) is 9.38. The van der Waals surface area contributed by atoms with E-state index in [-0.39, 0.29) is 0 Å². The zero-order chi connectivity index (χ0) is 13.1. The van der Waals surface area contributed by atoms with Gasteiger partial charge in [0.15, 0.2) is 0 Å². The number of anilines is 1. The third kappa shape index (κ3) is 2.73. The molecule has 2 atom stereocenters. The van der Waals surface area contributed by atoms with Gasteiger partial charge in [-0.2, -0.15) is 0 Å². The van der Waals surface area contributed by atoms with Crippen LogP contribution in [0, 0.1) is 5.92 Å². The molecule has 0 spiro atoms. The summed E-state index contributed by atoms with van der Waals surface area (Å²) in [6, 6.07) is 0.507. The quantitative estimate of drug-likeness (QED) is 0.818. The van der Waals surface area contributed by atoms with Gasteiger partial charge in [-0.05, 0) is 51.0 Å². The van der Waals surface area contributed by atoms with Crippen LogP contribution in [0.4, 0.5) is 5.82 Å². The molecule has 2 unspecified atom stereocenters. The van der Waals surface area contributed by atoms with Crippen molar-refractivity contribution in [1.29, 1.82) is 0 Å². The van der Waals surface area contributed by atoms with Gasteiger partial charge in [0.1, 0.15) is 12.1 Å². The Morgan fingerprint density at radius 3 is 2.89 bits per heavy atom. The fourth-order valence-electron chi connectivity index (χ4n) is 3.51. The van der Waals surface area contributed by atoms with Gasteiger partial charge >= 0.3 is 0 Å². The van der Waals surface area contributed by atoms with Crippen molar-refractivity contribution in [3.63, 3.8) is 0 Å². The van der Waals surface area contributed by atoms with Crippen molar-refractivity contribution in [2.75, 3.05) is 11.9 Å². The molecule has 0 amide bonds. The van der Waals surface area contributed by atoms with Crippen molar-refractivity contribution in [3.05, 3.63) is 17.6 Å². The predicted molar refractivity (Wildman–Crippen MR) is 77.1 cm³/mol. The first kappa shape index (κ1) is 12.9. The summed E-state index contributed by atoms with van der Waals surface area (Å²) in [6.45, 7) is 0.783. The van der Waals surface area contributed by atoms with Gasteiger partial charge in [0.25, 0.3) is 0 Å².